The molecule has 0 unspecified atom stereocenters. The third-order valence-corrected chi connectivity index (χ3v) is 3.78. The monoisotopic (exact) mass is 327 g/mol. The summed E-state index contributed by atoms with van der Waals surface area (Å²) in [5.41, 5.74) is 2.00. The number of aliphatic hydroxyl groups excluding tert-OH is 1. The molecular weight excluding hydrogens is 318 g/mol. The smallest absolute Gasteiger partial charge is 0.199 e. The molecule has 0 bridgehead atoms. The first-order valence-corrected chi connectivity index (χ1v) is 6.83. The number of carbonyl (C=O) groups is 1. The molecule has 0 spiro atoms. The maximum Gasteiger partial charge on any atom is 0.199 e. The van der Waals surface area contributed by atoms with Crippen LogP contribution >= 0.6 is 15.9 Å². The molecule has 1 aliphatic carbocycles. The molecule has 20 heavy (non-hydrogen) atoms. The fourth-order valence-electron chi connectivity index (χ4n) is 2.10. The number of aliphatic hydroxyl groups is 1. The molecule has 2 aromatic rings. The summed E-state index contributed by atoms with van der Waals surface area (Å²) in [5, 5.41) is 10.1. The van der Waals surface area contributed by atoms with Crippen molar-refractivity contribution in [2.75, 3.05) is 0 Å². The summed E-state index contributed by atoms with van der Waals surface area (Å²) in [6, 6.07) is 14.4. The topological polar surface area (TPSA) is 49.7 Å². The highest BCUT2D eigenvalue weighted by Gasteiger charge is 2.27. The zero-order valence-corrected chi connectivity index (χ0v) is 12.0. The van der Waals surface area contributed by atoms with E-state index in [9.17, 15) is 9.90 Å². The molecule has 0 heterocycles. The van der Waals surface area contributed by atoms with Gasteiger partial charge in [-0.25, -0.2) is 0 Å². The Morgan fingerprint density at radius 1 is 1.00 bits per heavy atom. The minimum atomic E-state index is -0.200. The Hall–Kier alpha value is -2.20. The van der Waals surface area contributed by atoms with Crippen LogP contribution in [-0.4, -0.2) is 17.1 Å². The van der Waals surface area contributed by atoms with E-state index in [1.807, 2.05) is 24.3 Å². The zero-order valence-electron chi connectivity index (χ0n) is 10.4. The number of fused-ring (bicyclic) bond motifs is 1. The van der Waals surface area contributed by atoms with Gasteiger partial charge >= 0.3 is 0 Å². The second-order valence-electron chi connectivity index (χ2n) is 4.35. The number of aliphatic imine (C=N–C) groups is 1. The minimum absolute atomic E-state index is 0.0126. The van der Waals surface area contributed by atoms with E-state index in [4.69, 9.17) is 0 Å². The Bertz CT molecular complexity index is 763. The molecule has 1 N–H and O–H groups in total. The maximum atomic E-state index is 12.2. The Morgan fingerprint density at radius 2 is 1.65 bits per heavy atom. The number of hydrogen-bond donors (Lipinski definition) is 1. The van der Waals surface area contributed by atoms with E-state index in [1.165, 1.54) is 6.21 Å². The highest BCUT2D eigenvalue weighted by Crippen LogP contribution is 2.31. The van der Waals surface area contributed by atoms with Gasteiger partial charge in [0.1, 0.15) is 5.76 Å². The van der Waals surface area contributed by atoms with E-state index in [1.54, 1.807) is 24.3 Å². The maximum absolute atomic E-state index is 12.2. The molecule has 98 valence electrons. The van der Waals surface area contributed by atoms with Gasteiger partial charge in [0, 0.05) is 21.8 Å². The lowest BCUT2D eigenvalue weighted by molar-refractivity contribution is 0.104. The number of ketones is 1. The molecule has 0 saturated heterocycles. The average molecular weight is 328 g/mol. The predicted octanol–water partition coefficient (Wildman–Crippen LogP) is 4.32. The predicted molar refractivity (Wildman–Crippen MR) is 82.6 cm³/mol. The van der Waals surface area contributed by atoms with Crippen molar-refractivity contribution in [1.82, 2.24) is 0 Å². The fraction of sp³-hybridized carbons (Fsp3) is 0. The van der Waals surface area contributed by atoms with Gasteiger partial charge in [-0.2, -0.15) is 0 Å². The summed E-state index contributed by atoms with van der Waals surface area (Å²) in [5.74, 6) is -0.213. The lowest BCUT2D eigenvalue weighted by Gasteiger charge is -1.97. The zero-order chi connectivity index (χ0) is 14.1. The first-order valence-electron chi connectivity index (χ1n) is 6.04. The first-order chi connectivity index (χ1) is 9.68. The molecule has 0 aliphatic heterocycles. The number of carbonyl (C=O) groups excluding carboxylic acids is 1. The van der Waals surface area contributed by atoms with Crippen LogP contribution in [0.3, 0.4) is 0 Å². The van der Waals surface area contributed by atoms with Gasteiger partial charge in [-0.3, -0.25) is 9.79 Å². The van der Waals surface area contributed by atoms with Crippen molar-refractivity contribution >= 4 is 39.4 Å². The van der Waals surface area contributed by atoms with E-state index in [-0.39, 0.29) is 17.1 Å². The third-order valence-electron chi connectivity index (χ3n) is 3.11. The van der Waals surface area contributed by atoms with Crippen LogP contribution in [0.5, 0.6) is 0 Å². The number of hydrogen-bond acceptors (Lipinski definition) is 3. The number of rotatable bonds is 2. The van der Waals surface area contributed by atoms with Crippen LogP contribution in [-0.2, 0) is 0 Å². The molecule has 1 aliphatic rings. The van der Waals surface area contributed by atoms with Gasteiger partial charge in [0.05, 0.1) is 11.3 Å². The summed E-state index contributed by atoms with van der Waals surface area (Å²) >= 11 is 3.39. The van der Waals surface area contributed by atoms with Gasteiger partial charge in [0.25, 0.3) is 0 Å². The Labute approximate surface area is 124 Å². The van der Waals surface area contributed by atoms with Crippen LogP contribution < -0.4 is 0 Å². The second-order valence-corrected chi connectivity index (χ2v) is 5.20. The van der Waals surface area contributed by atoms with Crippen LogP contribution in [0.1, 0.15) is 15.9 Å². The normalized spacial score (nSPS) is 14.2. The molecule has 4 heteroatoms. The standard InChI is InChI=1S/C16H10BrNO2/c17-13-7-3-4-8-14(13)18-9-12-15(19)10-5-1-2-6-11(10)16(12)20/h1-9,19H. The molecule has 0 atom stereocenters. The van der Waals surface area contributed by atoms with Crippen LogP contribution in [0.15, 0.2) is 63.6 Å². The van der Waals surface area contributed by atoms with Gasteiger partial charge in [-0.15, -0.1) is 0 Å². The van der Waals surface area contributed by atoms with Crippen LogP contribution in [0.4, 0.5) is 5.69 Å². The van der Waals surface area contributed by atoms with Crippen LogP contribution in [0.25, 0.3) is 5.76 Å². The number of nitrogens with zero attached hydrogens (tertiary/aromatic N) is 1. The van der Waals surface area contributed by atoms with Gasteiger partial charge < -0.3 is 5.11 Å². The van der Waals surface area contributed by atoms with Crippen molar-refractivity contribution < 1.29 is 9.90 Å². The SMILES string of the molecule is O=C1C(C=Nc2ccccc2Br)=C(O)c2ccccc21. The number of allylic oxidation sites excluding steroid dienone is 1. The second kappa shape index (κ2) is 5.06. The molecule has 0 radical (unpaired) electrons. The lowest BCUT2D eigenvalue weighted by Crippen LogP contribution is -1.99. The summed E-state index contributed by atoms with van der Waals surface area (Å²) in [4.78, 5) is 16.5. The fourth-order valence-corrected chi connectivity index (χ4v) is 2.48. The lowest BCUT2D eigenvalue weighted by atomic mass is 10.1. The third kappa shape index (κ3) is 2.08. The number of halogens is 1. The van der Waals surface area contributed by atoms with Crippen LogP contribution in [0, 0.1) is 0 Å². The van der Waals surface area contributed by atoms with Crippen molar-refractivity contribution in [3.63, 3.8) is 0 Å². The summed E-state index contributed by atoms with van der Waals surface area (Å²) in [7, 11) is 0. The van der Waals surface area contributed by atoms with Crippen molar-refractivity contribution in [2.24, 2.45) is 4.99 Å². The molecule has 0 saturated carbocycles. The van der Waals surface area contributed by atoms with Crippen molar-refractivity contribution in [2.45, 2.75) is 0 Å². The average Bonchev–Trinajstić information content (AvgIpc) is 2.71. The van der Waals surface area contributed by atoms with E-state index in [0.29, 0.717) is 16.8 Å². The molecule has 3 nitrogen and oxygen atoms in total. The van der Waals surface area contributed by atoms with Crippen LogP contribution in [0.2, 0.25) is 0 Å². The largest absolute Gasteiger partial charge is 0.506 e. The quantitative estimate of drug-likeness (QED) is 0.835. The molecule has 0 fully saturated rings. The summed E-state index contributed by atoms with van der Waals surface area (Å²) in [6.45, 7) is 0. The van der Waals surface area contributed by atoms with Crippen molar-refractivity contribution in [3.8, 4) is 0 Å². The Kier molecular flexibility index (Phi) is 3.24. The summed E-state index contributed by atoms with van der Waals surface area (Å²) in [6.07, 6.45) is 1.41. The molecule has 3 rings (SSSR count). The number of benzene rings is 2. The van der Waals surface area contributed by atoms with E-state index >= 15 is 0 Å². The van der Waals surface area contributed by atoms with Gasteiger partial charge in [-0.05, 0) is 28.1 Å². The Morgan fingerprint density at radius 3 is 2.35 bits per heavy atom. The van der Waals surface area contributed by atoms with E-state index in [2.05, 4.69) is 20.9 Å². The number of para-hydroxylation sites is 1. The van der Waals surface area contributed by atoms with Crippen molar-refractivity contribution in [1.29, 1.82) is 0 Å². The van der Waals surface area contributed by atoms with Crippen molar-refractivity contribution in [3.05, 3.63) is 69.7 Å². The highest BCUT2D eigenvalue weighted by molar-refractivity contribution is 9.10. The van der Waals surface area contributed by atoms with Gasteiger partial charge in [-0.1, -0.05) is 36.4 Å². The molecule has 0 aromatic heterocycles. The van der Waals surface area contributed by atoms with E-state index < -0.39 is 0 Å². The molecular formula is C16H10BrNO2. The van der Waals surface area contributed by atoms with Gasteiger partial charge in [0.15, 0.2) is 5.78 Å². The number of Topliss-reactive ketones (excluding diaryl/α,β-unsaturated/α-hetero) is 1. The highest BCUT2D eigenvalue weighted by atomic mass is 79.9. The minimum Gasteiger partial charge on any atom is -0.506 e. The molecule has 0 amide bonds. The van der Waals surface area contributed by atoms with Gasteiger partial charge in [0.2, 0.25) is 0 Å². The summed E-state index contributed by atoms with van der Waals surface area (Å²) < 4.78 is 0.833. The molecule has 2 aromatic carbocycles. The van der Waals surface area contributed by atoms with E-state index in [0.717, 1.165) is 4.47 Å². The first kappa shape index (κ1) is 12.8. The Balaban J connectivity index is 1.99.